The van der Waals surface area contributed by atoms with E-state index in [-0.39, 0.29) is 16.8 Å². The van der Waals surface area contributed by atoms with E-state index in [1.165, 1.54) is 4.90 Å². The molecule has 0 fully saturated rings. The van der Waals surface area contributed by atoms with Crippen molar-refractivity contribution in [1.29, 1.82) is 0 Å². The molecule has 0 bridgehead atoms. The molecule has 0 radical (unpaired) electrons. The highest BCUT2D eigenvalue weighted by Crippen LogP contribution is 2.33. The number of nitrogens with zero attached hydrogens (tertiary/aromatic N) is 3. The Morgan fingerprint density at radius 1 is 1.56 bits per heavy atom. The van der Waals surface area contributed by atoms with Gasteiger partial charge >= 0.3 is 6.03 Å². The molecule has 0 aromatic rings. The van der Waals surface area contributed by atoms with Gasteiger partial charge in [0.1, 0.15) is 0 Å². The fourth-order valence-corrected chi connectivity index (χ4v) is 2.60. The highest BCUT2D eigenvalue weighted by Gasteiger charge is 2.41. The van der Waals surface area contributed by atoms with Gasteiger partial charge in [0, 0.05) is 18.9 Å². The van der Waals surface area contributed by atoms with Gasteiger partial charge in [-0.3, -0.25) is 9.80 Å². The van der Waals surface area contributed by atoms with Crippen LogP contribution >= 0.6 is 15.9 Å². The lowest BCUT2D eigenvalue weighted by atomic mass is 9.94. The van der Waals surface area contributed by atoms with E-state index in [0.29, 0.717) is 0 Å². The minimum Gasteiger partial charge on any atom is -0.369 e. The molecule has 1 heterocycles. The molecule has 0 saturated heterocycles. The van der Waals surface area contributed by atoms with Crippen LogP contribution in [-0.4, -0.2) is 46.4 Å². The van der Waals surface area contributed by atoms with E-state index in [9.17, 15) is 4.79 Å². The molecular formula is C12H17BrN4O. The second-order valence-electron chi connectivity index (χ2n) is 4.67. The molecule has 5 nitrogen and oxygen atoms in total. The molecule has 18 heavy (non-hydrogen) atoms. The third-order valence-corrected chi connectivity index (χ3v) is 4.11. The number of guanidine groups is 1. The minimum absolute atomic E-state index is 0.156. The largest absolute Gasteiger partial charge is 0.369 e. The summed E-state index contributed by atoms with van der Waals surface area (Å²) in [6, 6.07) is -0.156. The molecule has 2 rings (SSSR count). The van der Waals surface area contributed by atoms with Gasteiger partial charge in [-0.05, 0) is 18.9 Å². The fraction of sp³-hybridized carbons (Fsp3) is 0.500. The van der Waals surface area contributed by atoms with Gasteiger partial charge in [-0.1, -0.05) is 34.2 Å². The molecule has 1 aliphatic heterocycles. The Bertz CT molecular complexity index is 471. The predicted octanol–water partition coefficient (Wildman–Crippen LogP) is 1.66. The number of carbonyl (C=O) groups is 1. The summed E-state index contributed by atoms with van der Waals surface area (Å²) in [6.45, 7) is 1.89. The molecule has 98 valence electrons. The van der Waals surface area contributed by atoms with Gasteiger partial charge in [0.25, 0.3) is 0 Å². The van der Waals surface area contributed by atoms with Crippen LogP contribution in [0.15, 0.2) is 28.8 Å². The molecule has 2 aliphatic rings. The number of amides is 2. The average molecular weight is 313 g/mol. The highest BCUT2D eigenvalue weighted by atomic mass is 79.9. The zero-order valence-corrected chi connectivity index (χ0v) is 12.3. The lowest BCUT2D eigenvalue weighted by Gasteiger charge is -2.43. The number of hydrogen-bond donors (Lipinski definition) is 1. The summed E-state index contributed by atoms with van der Waals surface area (Å²) < 4.78 is 0. The normalized spacial score (nSPS) is 32.4. The lowest BCUT2D eigenvalue weighted by molar-refractivity contribution is 0.142. The maximum Gasteiger partial charge on any atom is 0.328 e. The minimum atomic E-state index is -0.739. The van der Waals surface area contributed by atoms with Gasteiger partial charge in [-0.25, -0.2) is 9.79 Å². The van der Waals surface area contributed by atoms with Gasteiger partial charge in [-0.15, -0.1) is 0 Å². The van der Waals surface area contributed by atoms with Crippen LogP contribution in [0.3, 0.4) is 0 Å². The molecule has 0 saturated carbocycles. The summed E-state index contributed by atoms with van der Waals surface area (Å²) in [7, 11) is 3.36. The Morgan fingerprint density at radius 3 is 2.83 bits per heavy atom. The van der Waals surface area contributed by atoms with Crippen molar-refractivity contribution >= 4 is 27.9 Å². The van der Waals surface area contributed by atoms with Crippen LogP contribution in [-0.2, 0) is 0 Å². The summed E-state index contributed by atoms with van der Waals surface area (Å²) >= 11 is 3.56. The maximum absolute atomic E-state index is 12.1. The van der Waals surface area contributed by atoms with Crippen LogP contribution in [0.1, 0.15) is 13.3 Å². The van der Waals surface area contributed by atoms with Crippen molar-refractivity contribution in [1.82, 2.24) is 9.80 Å². The van der Waals surface area contributed by atoms with Crippen molar-refractivity contribution in [2.45, 2.75) is 23.8 Å². The number of likely N-dealkylation sites (N-methyl/N-ethyl adjacent to an activating group) is 1. The number of hydrogen-bond acceptors (Lipinski definition) is 3. The van der Waals surface area contributed by atoms with Gasteiger partial charge in [-0.2, -0.15) is 0 Å². The zero-order chi connectivity index (χ0) is 13.5. The first kappa shape index (κ1) is 13.1. The van der Waals surface area contributed by atoms with Gasteiger partial charge in [0.2, 0.25) is 5.96 Å². The van der Waals surface area contributed by atoms with Crippen molar-refractivity contribution in [3.05, 3.63) is 23.8 Å². The molecule has 0 aromatic heterocycles. The van der Waals surface area contributed by atoms with Crippen molar-refractivity contribution in [2.75, 3.05) is 14.1 Å². The summed E-state index contributed by atoms with van der Waals surface area (Å²) in [5.74, 6) is 0.242. The molecule has 6 heteroatoms. The number of rotatable bonds is 1. The van der Waals surface area contributed by atoms with Crippen LogP contribution in [0.4, 0.5) is 4.79 Å². The Morgan fingerprint density at radius 2 is 2.22 bits per heavy atom. The van der Waals surface area contributed by atoms with Crippen LogP contribution in [0.5, 0.6) is 0 Å². The van der Waals surface area contributed by atoms with E-state index in [4.69, 9.17) is 5.73 Å². The topological polar surface area (TPSA) is 61.9 Å². The molecule has 2 N–H and O–H groups in total. The monoisotopic (exact) mass is 312 g/mol. The van der Waals surface area contributed by atoms with Crippen LogP contribution < -0.4 is 5.73 Å². The Kier molecular flexibility index (Phi) is 3.23. The fourth-order valence-electron chi connectivity index (χ4n) is 2.10. The average Bonchev–Trinajstić information content (AvgIpc) is 2.34. The van der Waals surface area contributed by atoms with E-state index < -0.39 is 5.66 Å². The van der Waals surface area contributed by atoms with Crippen molar-refractivity contribution in [3.63, 3.8) is 0 Å². The van der Waals surface area contributed by atoms with Gasteiger partial charge in [0.05, 0.1) is 0 Å². The first-order chi connectivity index (χ1) is 8.36. The summed E-state index contributed by atoms with van der Waals surface area (Å²) in [5.41, 5.74) is 6.05. The lowest BCUT2D eigenvalue weighted by Crippen LogP contribution is -2.60. The number of alkyl halides is 1. The third-order valence-electron chi connectivity index (χ3n) is 3.47. The molecule has 2 amide bonds. The molecule has 2 atom stereocenters. The third kappa shape index (κ3) is 1.94. The van der Waals surface area contributed by atoms with Crippen LogP contribution in [0.25, 0.3) is 0 Å². The molecular weight excluding hydrogens is 296 g/mol. The first-order valence-electron chi connectivity index (χ1n) is 5.76. The highest BCUT2D eigenvalue weighted by molar-refractivity contribution is 9.09. The van der Waals surface area contributed by atoms with E-state index in [2.05, 4.69) is 33.1 Å². The molecule has 0 spiro atoms. The van der Waals surface area contributed by atoms with E-state index >= 15 is 0 Å². The molecule has 1 aliphatic carbocycles. The van der Waals surface area contributed by atoms with Crippen LogP contribution in [0.2, 0.25) is 0 Å². The van der Waals surface area contributed by atoms with Crippen LogP contribution in [0, 0.1) is 0 Å². The number of halogens is 1. The van der Waals surface area contributed by atoms with Crippen molar-refractivity contribution < 1.29 is 4.79 Å². The smallest absolute Gasteiger partial charge is 0.328 e. The zero-order valence-electron chi connectivity index (χ0n) is 10.7. The first-order valence-corrected chi connectivity index (χ1v) is 6.67. The molecule has 0 aromatic carbocycles. The second-order valence-corrected chi connectivity index (χ2v) is 5.84. The summed E-state index contributed by atoms with van der Waals surface area (Å²) in [6.07, 6.45) is 7.09. The van der Waals surface area contributed by atoms with Crippen molar-refractivity contribution in [3.8, 4) is 0 Å². The van der Waals surface area contributed by atoms with Crippen molar-refractivity contribution in [2.24, 2.45) is 10.7 Å². The number of nitrogens with two attached hydrogens (primary N) is 1. The SMILES string of the molecule is CN1C(=O)N(C)C(C)(C2=CC(Br)CC=C2)N=C1N. The number of allylic oxidation sites excluding steroid dienone is 2. The molecule has 2 unspecified atom stereocenters. The second kappa shape index (κ2) is 4.42. The quantitative estimate of drug-likeness (QED) is 0.749. The van der Waals surface area contributed by atoms with Gasteiger partial charge < -0.3 is 5.73 Å². The Hall–Kier alpha value is -1.30. The predicted molar refractivity (Wildman–Crippen MR) is 75.5 cm³/mol. The summed E-state index contributed by atoms with van der Waals surface area (Å²) in [5, 5.41) is 0. The summed E-state index contributed by atoms with van der Waals surface area (Å²) in [4.78, 5) is 19.8. The van der Waals surface area contributed by atoms with Gasteiger partial charge in [0.15, 0.2) is 5.66 Å². The Labute approximate surface area is 115 Å². The van der Waals surface area contributed by atoms with E-state index in [0.717, 1.165) is 12.0 Å². The number of carbonyl (C=O) groups excluding carboxylic acids is 1. The standard InChI is InChI=1S/C12H17BrN4O/c1-12(8-5-4-6-9(13)7-8)15-10(14)16(2)11(18)17(12)3/h4-5,7,9H,6H2,1-3H3,(H2,14,15). The van der Waals surface area contributed by atoms with E-state index in [1.54, 1.807) is 19.0 Å². The number of aliphatic imine (C=N–C) groups is 1. The Balaban J connectivity index is 2.47. The maximum atomic E-state index is 12.1. The van der Waals surface area contributed by atoms with E-state index in [1.807, 2.05) is 13.0 Å². The number of urea groups is 1.